The van der Waals surface area contributed by atoms with Gasteiger partial charge in [0.15, 0.2) is 0 Å². The first-order valence-electron chi connectivity index (χ1n) is 6.77. The largest absolute Gasteiger partial charge is 0.493 e. The Balaban J connectivity index is 1.65. The lowest BCUT2D eigenvalue weighted by atomic mass is 10.1. The number of hydrogen-bond donors (Lipinski definition) is 3. The van der Waals surface area contributed by atoms with Crippen LogP contribution in [0.4, 0.5) is 0 Å². The Morgan fingerprint density at radius 3 is 3.15 bits per heavy atom. The summed E-state index contributed by atoms with van der Waals surface area (Å²) in [6.07, 6.45) is 0.953. The number of halogens is 1. The highest BCUT2D eigenvalue weighted by Crippen LogP contribution is 2.32. The number of fused-ring (bicyclic) bond motifs is 1. The van der Waals surface area contributed by atoms with Gasteiger partial charge in [-0.15, -0.1) is 0 Å². The maximum atomic E-state index is 12.0. The topological polar surface area (TPSA) is 70.6 Å². The zero-order valence-corrected chi connectivity index (χ0v) is 12.6. The number of aliphatic hydroxyl groups is 1. The van der Waals surface area contributed by atoms with Gasteiger partial charge in [0.2, 0.25) is 5.91 Å². The first kappa shape index (κ1) is 13.9. The molecule has 2 aliphatic heterocycles. The highest BCUT2D eigenvalue weighted by atomic mass is 79.9. The molecule has 6 heteroatoms. The molecule has 0 aromatic heterocycles. The van der Waals surface area contributed by atoms with Gasteiger partial charge in [0.05, 0.1) is 18.8 Å². The molecule has 108 valence electrons. The van der Waals surface area contributed by atoms with Crippen molar-refractivity contribution in [3.63, 3.8) is 0 Å². The lowest BCUT2D eigenvalue weighted by Crippen LogP contribution is -2.40. The predicted molar refractivity (Wildman–Crippen MR) is 77.6 cm³/mol. The van der Waals surface area contributed by atoms with Gasteiger partial charge in [-0.3, -0.25) is 4.79 Å². The monoisotopic (exact) mass is 340 g/mol. The van der Waals surface area contributed by atoms with E-state index < -0.39 is 6.10 Å². The molecule has 1 saturated heterocycles. The molecule has 5 nitrogen and oxygen atoms in total. The fourth-order valence-corrected chi connectivity index (χ4v) is 3.25. The van der Waals surface area contributed by atoms with Crippen LogP contribution in [0.5, 0.6) is 5.75 Å². The molecule has 0 saturated carbocycles. The molecule has 0 aliphatic carbocycles. The van der Waals surface area contributed by atoms with Crippen molar-refractivity contribution >= 4 is 21.8 Å². The van der Waals surface area contributed by atoms with E-state index in [-0.39, 0.29) is 11.9 Å². The van der Waals surface area contributed by atoms with Gasteiger partial charge >= 0.3 is 0 Å². The highest BCUT2D eigenvalue weighted by molar-refractivity contribution is 9.10. The van der Waals surface area contributed by atoms with Crippen LogP contribution < -0.4 is 15.4 Å². The SMILES string of the molecule is O=C(NCc1cc(Br)cc2c1OCC2)C1CC(O)CN1. The number of β-amino-alcohol motifs (C(OH)–C–C–N with tert-alkyl or cyclic N) is 1. The number of ether oxygens (including phenoxy) is 1. The van der Waals surface area contributed by atoms with Crippen LogP contribution in [-0.4, -0.2) is 36.3 Å². The van der Waals surface area contributed by atoms with E-state index in [1.807, 2.05) is 6.07 Å². The van der Waals surface area contributed by atoms with Crippen molar-refractivity contribution in [2.24, 2.45) is 0 Å². The van der Waals surface area contributed by atoms with E-state index in [2.05, 4.69) is 32.6 Å². The minimum absolute atomic E-state index is 0.0757. The third-order valence-electron chi connectivity index (χ3n) is 3.70. The lowest BCUT2D eigenvalue weighted by molar-refractivity contribution is -0.123. The van der Waals surface area contributed by atoms with E-state index in [0.29, 0.717) is 26.1 Å². The molecular weight excluding hydrogens is 324 g/mol. The third kappa shape index (κ3) is 2.82. The van der Waals surface area contributed by atoms with E-state index in [0.717, 1.165) is 22.2 Å². The van der Waals surface area contributed by atoms with E-state index in [4.69, 9.17) is 4.74 Å². The number of aliphatic hydroxyl groups excluding tert-OH is 1. The first-order valence-corrected chi connectivity index (χ1v) is 7.56. The molecule has 0 spiro atoms. The number of benzene rings is 1. The number of carbonyl (C=O) groups is 1. The summed E-state index contributed by atoms with van der Waals surface area (Å²) in [7, 11) is 0. The number of hydrogen-bond acceptors (Lipinski definition) is 4. The standard InChI is InChI=1S/C14H17BrN2O3/c15-10-3-8-1-2-20-13(8)9(4-10)6-17-14(19)12-5-11(18)7-16-12/h3-4,11-12,16,18H,1-2,5-7H2,(H,17,19). The molecule has 2 heterocycles. The maximum absolute atomic E-state index is 12.0. The summed E-state index contributed by atoms with van der Waals surface area (Å²) < 4.78 is 6.63. The molecule has 2 atom stereocenters. The van der Waals surface area contributed by atoms with Crippen molar-refractivity contribution in [1.29, 1.82) is 0 Å². The summed E-state index contributed by atoms with van der Waals surface area (Å²) in [5.41, 5.74) is 2.16. The maximum Gasteiger partial charge on any atom is 0.237 e. The zero-order chi connectivity index (χ0) is 14.1. The molecule has 2 aliphatic rings. The Labute approximate surface area is 125 Å². The van der Waals surface area contributed by atoms with Crippen LogP contribution >= 0.6 is 15.9 Å². The van der Waals surface area contributed by atoms with Crippen LogP contribution in [0.25, 0.3) is 0 Å². The summed E-state index contributed by atoms with van der Waals surface area (Å²) in [6.45, 7) is 1.62. The molecule has 0 radical (unpaired) electrons. The second kappa shape index (κ2) is 5.71. The van der Waals surface area contributed by atoms with Crippen LogP contribution in [0, 0.1) is 0 Å². The molecule has 1 fully saturated rings. The second-order valence-corrected chi connectivity index (χ2v) is 6.14. The summed E-state index contributed by atoms with van der Waals surface area (Å²) >= 11 is 3.48. The Morgan fingerprint density at radius 1 is 1.55 bits per heavy atom. The molecule has 1 aromatic rings. The Kier molecular flexibility index (Phi) is 3.96. The normalized spacial score (nSPS) is 24.3. The number of carbonyl (C=O) groups excluding carboxylic acids is 1. The van der Waals surface area contributed by atoms with Crippen LogP contribution in [0.15, 0.2) is 16.6 Å². The van der Waals surface area contributed by atoms with E-state index in [1.54, 1.807) is 0 Å². The van der Waals surface area contributed by atoms with Crippen LogP contribution in [0.2, 0.25) is 0 Å². The first-order chi connectivity index (χ1) is 9.63. The average Bonchev–Trinajstić information content (AvgIpc) is 3.03. The predicted octanol–water partition coefficient (Wildman–Crippen LogP) is 0.723. The highest BCUT2D eigenvalue weighted by Gasteiger charge is 2.28. The van der Waals surface area contributed by atoms with Crippen LogP contribution in [0.1, 0.15) is 17.5 Å². The van der Waals surface area contributed by atoms with Crippen LogP contribution in [0.3, 0.4) is 0 Å². The van der Waals surface area contributed by atoms with Gasteiger partial charge in [-0.1, -0.05) is 15.9 Å². The van der Waals surface area contributed by atoms with Gasteiger partial charge < -0.3 is 20.5 Å². The molecule has 20 heavy (non-hydrogen) atoms. The van der Waals surface area contributed by atoms with E-state index in [9.17, 15) is 9.90 Å². The molecule has 3 N–H and O–H groups in total. The molecule has 1 aromatic carbocycles. The smallest absolute Gasteiger partial charge is 0.237 e. The Morgan fingerprint density at radius 2 is 2.40 bits per heavy atom. The molecule has 2 unspecified atom stereocenters. The fourth-order valence-electron chi connectivity index (χ4n) is 2.70. The second-order valence-electron chi connectivity index (χ2n) is 5.22. The molecule has 0 bridgehead atoms. The van der Waals surface area contributed by atoms with Gasteiger partial charge in [-0.25, -0.2) is 0 Å². The average molecular weight is 341 g/mol. The van der Waals surface area contributed by atoms with Crippen molar-refractivity contribution in [3.8, 4) is 5.75 Å². The van der Waals surface area contributed by atoms with Crippen molar-refractivity contribution in [3.05, 3.63) is 27.7 Å². The van der Waals surface area contributed by atoms with E-state index >= 15 is 0 Å². The molecule has 1 amide bonds. The van der Waals surface area contributed by atoms with Gasteiger partial charge in [-0.2, -0.15) is 0 Å². The van der Waals surface area contributed by atoms with Gasteiger partial charge in [0.1, 0.15) is 5.75 Å². The fraction of sp³-hybridized carbons (Fsp3) is 0.500. The van der Waals surface area contributed by atoms with Crippen molar-refractivity contribution < 1.29 is 14.6 Å². The Bertz CT molecular complexity index is 535. The number of nitrogens with one attached hydrogen (secondary N) is 2. The quantitative estimate of drug-likeness (QED) is 0.758. The summed E-state index contributed by atoms with van der Waals surface area (Å²) in [5.74, 6) is 0.821. The van der Waals surface area contributed by atoms with Gasteiger partial charge in [0.25, 0.3) is 0 Å². The lowest BCUT2D eigenvalue weighted by Gasteiger charge is -2.13. The molecular formula is C14H17BrN2O3. The minimum atomic E-state index is -0.427. The number of rotatable bonds is 3. The summed E-state index contributed by atoms with van der Waals surface area (Å²) in [6, 6.07) is 3.73. The van der Waals surface area contributed by atoms with Crippen molar-refractivity contribution in [1.82, 2.24) is 10.6 Å². The molecule has 3 rings (SSSR count). The van der Waals surface area contributed by atoms with Gasteiger partial charge in [0, 0.05) is 29.5 Å². The number of amides is 1. The summed E-state index contributed by atoms with van der Waals surface area (Å²) in [4.78, 5) is 12.0. The Hall–Kier alpha value is -1.11. The van der Waals surface area contributed by atoms with E-state index in [1.165, 1.54) is 5.56 Å². The summed E-state index contributed by atoms with van der Waals surface area (Å²) in [5, 5.41) is 15.3. The van der Waals surface area contributed by atoms with Gasteiger partial charge in [-0.05, 0) is 24.1 Å². The third-order valence-corrected chi connectivity index (χ3v) is 4.16. The minimum Gasteiger partial charge on any atom is -0.493 e. The van der Waals surface area contributed by atoms with Crippen molar-refractivity contribution in [2.45, 2.75) is 31.5 Å². The van der Waals surface area contributed by atoms with Crippen molar-refractivity contribution in [2.75, 3.05) is 13.2 Å². The van der Waals surface area contributed by atoms with Crippen LogP contribution in [-0.2, 0) is 17.8 Å². The zero-order valence-electron chi connectivity index (χ0n) is 11.0.